The van der Waals surface area contributed by atoms with Crippen LogP contribution in [0, 0.1) is 0 Å². The topological polar surface area (TPSA) is 33.2 Å². The monoisotopic (exact) mass is 278 g/mol. The van der Waals surface area contributed by atoms with Crippen molar-refractivity contribution in [3.8, 4) is 0 Å². The Morgan fingerprint density at radius 3 is 2.67 bits per heavy atom. The summed E-state index contributed by atoms with van der Waals surface area (Å²) < 4.78 is 37.2. The maximum absolute atomic E-state index is 12.4. The van der Waals surface area contributed by atoms with Crippen LogP contribution in [0.5, 0.6) is 0 Å². The summed E-state index contributed by atoms with van der Waals surface area (Å²) in [4.78, 5) is 17.7. The molecule has 100 valence electrons. The molecule has 0 unspecified atom stereocenters. The number of hydrogen-bond donors (Lipinski definition) is 0. The van der Waals surface area contributed by atoms with Crippen LogP contribution in [0.2, 0.25) is 0 Å². The van der Waals surface area contributed by atoms with Gasteiger partial charge in [-0.25, -0.2) is 4.98 Å². The zero-order chi connectivity index (χ0) is 13.3. The van der Waals surface area contributed by atoms with Crippen LogP contribution >= 0.6 is 11.3 Å². The molecule has 0 aromatic carbocycles. The smallest absolute Gasteiger partial charge is 0.339 e. The van der Waals surface area contributed by atoms with Gasteiger partial charge in [0.25, 0.3) is 0 Å². The second-order valence-electron chi connectivity index (χ2n) is 4.17. The molecule has 3 nitrogen and oxygen atoms in total. The zero-order valence-electron chi connectivity index (χ0n) is 9.88. The van der Waals surface area contributed by atoms with Gasteiger partial charge >= 0.3 is 6.18 Å². The lowest BCUT2D eigenvalue weighted by atomic mass is 10.0. The van der Waals surface area contributed by atoms with Gasteiger partial charge in [0.1, 0.15) is 12.2 Å². The number of nitrogens with zero attached hydrogens (tertiary/aromatic N) is 2. The van der Waals surface area contributed by atoms with Gasteiger partial charge in [0.05, 0.1) is 0 Å². The first-order valence-electron chi connectivity index (χ1n) is 5.75. The van der Waals surface area contributed by atoms with Crippen LogP contribution in [0.15, 0.2) is 0 Å². The number of Topliss-reactive ketones (excluding diaryl/α,β-unsaturated/α-hetero) is 1. The van der Waals surface area contributed by atoms with E-state index >= 15 is 0 Å². The van der Waals surface area contributed by atoms with Crippen molar-refractivity contribution in [3.63, 3.8) is 0 Å². The fraction of sp³-hybridized carbons (Fsp3) is 0.636. The largest absolute Gasteiger partial charge is 0.406 e. The number of carbonyl (C=O) groups is 1. The molecular formula is C11H13F3N2OS. The van der Waals surface area contributed by atoms with Crippen LogP contribution in [-0.2, 0) is 6.42 Å². The standard InChI is InChI=1S/C11H13F3N2OS/c1-2-16(6-11(12,13)14)10-15-9-7(17)4-3-5-8(9)18-10/h2-6H2,1H3. The number of hydrogen-bond acceptors (Lipinski definition) is 4. The summed E-state index contributed by atoms with van der Waals surface area (Å²) >= 11 is 1.21. The molecule has 0 N–H and O–H groups in total. The third kappa shape index (κ3) is 2.82. The molecule has 0 bridgehead atoms. The minimum atomic E-state index is -4.26. The van der Waals surface area contributed by atoms with Crippen LogP contribution in [0.25, 0.3) is 0 Å². The predicted octanol–water partition coefficient (Wildman–Crippen LogP) is 3.05. The summed E-state index contributed by atoms with van der Waals surface area (Å²) in [5, 5.41) is 0.301. The van der Waals surface area contributed by atoms with Crippen molar-refractivity contribution in [2.45, 2.75) is 32.4 Å². The highest BCUT2D eigenvalue weighted by atomic mass is 32.1. The molecule has 0 saturated carbocycles. The summed E-state index contributed by atoms with van der Waals surface area (Å²) in [5.74, 6) is -0.0539. The molecule has 2 rings (SSSR count). The molecule has 1 heterocycles. The van der Waals surface area contributed by atoms with E-state index in [-0.39, 0.29) is 12.3 Å². The SMILES string of the molecule is CCN(CC(F)(F)F)c1nc2c(s1)CCCC2=O. The van der Waals surface area contributed by atoms with Gasteiger partial charge in [-0.1, -0.05) is 0 Å². The Labute approximate surface area is 107 Å². The molecule has 18 heavy (non-hydrogen) atoms. The lowest BCUT2D eigenvalue weighted by Gasteiger charge is -2.21. The van der Waals surface area contributed by atoms with Crippen molar-refractivity contribution >= 4 is 22.3 Å². The number of rotatable bonds is 3. The Morgan fingerprint density at radius 2 is 2.11 bits per heavy atom. The Bertz CT molecular complexity index is 456. The lowest BCUT2D eigenvalue weighted by Crippen LogP contribution is -2.34. The molecule has 0 spiro atoms. The van der Waals surface area contributed by atoms with Crippen LogP contribution < -0.4 is 4.90 Å². The first-order valence-corrected chi connectivity index (χ1v) is 6.57. The summed E-state index contributed by atoms with van der Waals surface area (Å²) in [7, 11) is 0. The molecule has 7 heteroatoms. The van der Waals surface area contributed by atoms with Crippen molar-refractivity contribution < 1.29 is 18.0 Å². The fourth-order valence-electron chi connectivity index (χ4n) is 1.92. The third-order valence-electron chi connectivity index (χ3n) is 2.78. The molecule has 0 atom stereocenters. The van der Waals surface area contributed by atoms with Crippen LogP contribution in [-0.4, -0.2) is 30.0 Å². The second-order valence-corrected chi connectivity index (χ2v) is 5.24. The number of thiazole rings is 1. The molecule has 0 saturated heterocycles. The highest BCUT2D eigenvalue weighted by Gasteiger charge is 2.32. The molecule has 0 fully saturated rings. The average Bonchev–Trinajstić information content (AvgIpc) is 2.70. The molecule has 1 aromatic heterocycles. The Balaban J connectivity index is 2.24. The average molecular weight is 278 g/mol. The van der Waals surface area contributed by atoms with E-state index < -0.39 is 12.7 Å². The summed E-state index contributed by atoms with van der Waals surface area (Å²) in [6.07, 6.45) is -2.31. The van der Waals surface area contributed by atoms with E-state index in [0.717, 1.165) is 22.6 Å². The minimum absolute atomic E-state index is 0.0539. The molecule has 0 aliphatic heterocycles. The highest BCUT2D eigenvalue weighted by Crippen LogP contribution is 2.33. The summed E-state index contributed by atoms with van der Waals surface area (Å²) in [6, 6.07) is 0. The van der Waals surface area contributed by atoms with E-state index in [9.17, 15) is 18.0 Å². The van der Waals surface area contributed by atoms with Gasteiger partial charge in [0.2, 0.25) is 0 Å². The van der Waals surface area contributed by atoms with Gasteiger partial charge in [0, 0.05) is 17.8 Å². The number of ketones is 1. The molecule has 0 radical (unpaired) electrons. The van der Waals surface area contributed by atoms with Gasteiger partial charge in [0.15, 0.2) is 10.9 Å². The Hall–Kier alpha value is -1.11. The van der Waals surface area contributed by atoms with E-state index in [2.05, 4.69) is 4.98 Å². The molecule has 1 aliphatic rings. The van der Waals surface area contributed by atoms with E-state index in [1.165, 1.54) is 11.3 Å². The summed E-state index contributed by atoms with van der Waals surface area (Å²) in [5.41, 5.74) is 0.377. The Kier molecular flexibility index (Phi) is 3.61. The number of carbonyl (C=O) groups excluding carboxylic acids is 1. The zero-order valence-corrected chi connectivity index (χ0v) is 10.7. The van der Waals surface area contributed by atoms with E-state index in [4.69, 9.17) is 0 Å². The van der Waals surface area contributed by atoms with Gasteiger partial charge in [-0.3, -0.25) is 4.79 Å². The molecule has 1 aromatic rings. The maximum Gasteiger partial charge on any atom is 0.406 e. The van der Waals surface area contributed by atoms with Crippen LogP contribution in [0.4, 0.5) is 18.3 Å². The quantitative estimate of drug-likeness (QED) is 0.852. The van der Waals surface area contributed by atoms with Gasteiger partial charge in [-0.05, 0) is 19.8 Å². The molecular weight excluding hydrogens is 265 g/mol. The minimum Gasteiger partial charge on any atom is -0.339 e. The normalized spacial score (nSPS) is 15.7. The van der Waals surface area contributed by atoms with E-state index in [1.807, 2.05) is 0 Å². The third-order valence-corrected chi connectivity index (χ3v) is 3.96. The molecule has 0 amide bonds. The number of anilines is 1. The van der Waals surface area contributed by atoms with Gasteiger partial charge in [-0.15, -0.1) is 11.3 Å². The number of aryl methyl sites for hydroxylation is 1. The second kappa shape index (κ2) is 4.87. The van der Waals surface area contributed by atoms with Crippen molar-refractivity contribution in [2.75, 3.05) is 18.0 Å². The number of fused-ring (bicyclic) bond motifs is 1. The lowest BCUT2D eigenvalue weighted by molar-refractivity contribution is -0.119. The van der Waals surface area contributed by atoms with Crippen molar-refractivity contribution in [2.24, 2.45) is 0 Å². The van der Waals surface area contributed by atoms with Crippen molar-refractivity contribution in [1.82, 2.24) is 4.98 Å². The first-order chi connectivity index (χ1) is 8.40. The van der Waals surface area contributed by atoms with Crippen LogP contribution in [0.1, 0.15) is 35.1 Å². The van der Waals surface area contributed by atoms with E-state index in [1.54, 1.807) is 6.92 Å². The highest BCUT2D eigenvalue weighted by molar-refractivity contribution is 7.16. The summed E-state index contributed by atoms with van der Waals surface area (Å²) in [6.45, 7) is 0.845. The van der Waals surface area contributed by atoms with Gasteiger partial charge < -0.3 is 4.90 Å². The van der Waals surface area contributed by atoms with Gasteiger partial charge in [-0.2, -0.15) is 13.2 Å². The predicted molar refractivity (Wildman–Crippen MR) is 63.3 cm³/mol. The van der Waals surface area contributed by atoms with Crippen molar-refractivity contribution in [1.29, 1.82) is 0 Å². The number of alkyl halides is 3. The number of aromatic nitrogens is 1. The van der Waals surface area contributed by atoms with Crippen molar-refractivity contribution in [3.05, 3.63) is 10.6 Å². The molecule has 1 aliphatic carbocycles. The van der Waals surface area contributed by atoms with E-state index in [0.29, 0.717) is 17.2 Å². The van der Waals surface area contributed by atoms with Crippen LogP contribution in [0.3, 0.4) is 0 Å². The fourth-order valence-corrected chi connectivity index (χ4v) is 3.10. The maximum atomic E-state index is 12.4. The number of halogens is 3. The first kappa shape index (κ1) is 13.3. The Morgan fingerprint density at radius 1 is 1.39 bits per heavy atom.